The maximum Gasteiger partial charge on any atom is 0.353 e. The van der Waals surface area contributed by atoms with Crippen LogP contribution < -0.4 is 10.6 Å². The Morgan fingerprint density at radius 3 is 2.83 bits per heavy atom. The maximum atomic E-state index is 12.5. The van der Waals surface area contributed by atoms with Gasteiger partial charge < -0.3 is 25.7 Å². The summed E-state index contributed by atoms with van der Waals surface area (Å²) in [4.78, 5) is 29.2. The van der Waals surface area contributed by atoms with Crippen molar-refractivity contribution in [2.24, 2.45) is 11.8 Å². The summed E-state index contributed by atoms with van der Waals surface area (Å²) in [5.74, 6) is -1.92. The molecule has 166 valence electrons. The molecule has 4 N–H and O–H groups in total. The van der Waals surface area contributed by atoms with Gasteiger partial charge in [0.25, 0.3) is 0 Å². The highest BCUT2D eigenvalue weighted by molar-refractivity contribution is 8.03. The number of nitrogens with one attached hydrogen (secondary N) is 2. The average Bonchev–Trinajstić information content (AvgIpc) is 3.34. The van der Waals surface area contributed by atoms with Crippen LogP contribution in [0.2, 0.25) is 0 Å². The predicted molar refractivity (Wildman–Crippen MR) is 121 cm³/mol. The maximum absolute atomic E-state index is 12.5. The molecule has 10 heteroatoms. The van der Waals surface area contributed by atoms with Crippen LogP contribution >= 0.6 is 35.5 Å². The van der Waals surface area contributed by atoms with Crippen molar-refractivity contribution < 1.29 is 19.8 Å². The minimum absolute atomic E-state index is 0. The highest BCUT2D eigenvalue weighted by atomic mass is 35.5. The number of halogens is 1. The average molecular weight is 474 g/mol. The monoisotopic (exact) mass is 473 g/mol. The molecule has 0 unspecified atom stereocenters. The van der Waals surface area contributed by atoms with E-state index in [2.05, 4.69) is 22.8 Å². The second-order valence-electron chi connectivity index (χ2n) is 8.04. The summed E-state index contributed by atoms with van der Waals surface area (Å²) in [5.41, 5.74) is 0.116. The number of thioether (sulfide) groups is 1. The molecule has 0 radical (unpaired) electrons. The van der Waals surface area contributed by atoms with Crippen molar-refractivity contribution in [2.45, 2.75) is 50.3 Å². The highest BCUT2D eigenvalue weighted by Gasteiger charge is 2.60. The van der Waals surface area contributed by atoms with Crippen LogP contribution in [0.5, 0.6) is 0 Å². The fourth-order valence-corrected chi connectivity index (χ4v) is 7.31. The van der Waals surface area contributed by atoms with E-state index in [0.717, 1.165) is 24.4 Å². The number of hydrogen-bond donors (Lipinski definition) is 4. The van der Waals surface area contributed by atoms with Crippen LogP contribution in [-0.2, 0) is 16.1 Å². The number of hydrogen-bond acceptors (Lipinski definition) is 7. The number of carbonyl (C=O) groups excluding carboxylic acids is 1. The van der Waals surface area contributed by atoms with Crippen molar-refractivity contribution in [3.05, 3.63) is 32.5 Å². The molecule has 0 aliphatic carbocycles. The molecule has 0 spiro atoms. The smallest absolute Gasteiger partial charge is 0.353 e. The first-order valence-corrected chi connectivity index (χ1v) is 11.6. The number of rotatable bonds is 7. The van der Waals surface area contributed by atoms with Crippen LogP contribution in [0, 0.1) is 11.8 Å². The van der Waals surface area contributed by atoms with E-state index in [1.807, 2.05) is 14.0 Å². The van der Waals surface area contributed by atoms with Crippen molar-refractivity contribution in [2.75, 3.05) is 13.6 Å². The first-order valence-electron chi connectivity index (χ1n) is 9.95. The van der Waals surface area contributed by atoms with Gasteiger partial charge in [-0.05, 0) is 32.5 Å². The first kappa shape index (κ1) is 23.6. The molecule has 30 heavy (non-hydrogen) atoms. The first-order chi connectivity index (χ1) is 13.8. The zero-order valence-electron chi connectivity index (χ0n) is 17.1. The molecule has 1 aromatic heterocycles. The lowest BCUT2D eigenvalue weighted by Crippen LogP contribution is -2.63. The topological polar surface area (TPSA) is 102 Å². The Balaban J connectivity index is 0.00000256. The van der Waals surface area contributed by atoms with E-state index >= 15 is 0 Å². The van der Waals surface area contributed by atoms with Gasteiger partial charge in [-0.1, -0.05) is 6.92 Å². The SMILES string of the molecule is CNCc1ccc([C@H]2C[C@H](SC3=C(C(=O)O)N4C(=O)[C@H]([C@@H](C)O)[C@H]4[C@H]3C)CN2)s1.Cl. The van der Waals surface area contributed by atoms with Crippen LogP contribution in [0.15, 0.2) is 22.7 Å². The minimum Gasteiger partial charge on any atom is -0.477 e. The Morgan fingerprint density at radius 2 is 2.20 bits per heavy atom. The standard InChI is InChI=1S/C20H27N3O4S2.ClH/c1-9-16-15(10(2)24)19(25)23(16)17(20(26)27)18(9)29-12-6-13(22-8-12)14-5-4-11(28-14)7-21-3;/h4-5,9-10,12-13,15-16,21-22,24H,6-8H2,1-3H3,(H,26,27);1H/t9-,10-,12+,13-,15-,16-;/m1./s1. The number of aliphatic carboxylic acids is 1. The van der Waals surface area contributed by atoms with Crippen LogP contribution in [0.25, 0.3) is 0 Å². The van der Waals surface area contributed by atoms with Crippen molar-refractivity contribution in [3.63, 3.8) is 0 Å². The third-order valence-electron chi connectivity index (χ3n) is 6.07. The molecule has 2 saturated heterocycles. The Kier molecular flexibility index (Phi) is 7.21. The molecule has 1 aromatic rings. The zero-order valence-corrected chi connectivity index (χ0v) is 19.6. The second kappa shape index (κ2) is 9.18. The largest absolute Gasteiger partial charge is 0.477 e. The summed E-state index contributed by atoms with van der Waals surface area (Å²) >= 11 is 3.39. The number of fused-ring (bicyclic) bond motifs is 1. The van der Waals surface area contributed by atoms with Gasteiger partial charge in [0.1, 0.15) is 5.70 Å². The number of carboxylic acid groups (broad SMARTS) is 1. The predicted octanol–water partition coefficient (Wildman–Crippen LogP) is 2.18. The van der Waals surface area contributed by atoms with Crippen molar-refractivity contribution in [1.82, 2.24) is 15.5 Å². The summed E-state index contributed by atoms with van der Waals surface area (Å²) in [6, 6.07) is 4.34. The molecule has 3 aliphatic rings. The van der Waals surface area contributed by atoms with Gasteiger partial charge in [-0.15, -0.1) is 35.5 Å². The lowest BCUT2D eigenvalue weighted by atomic mass is 9.79. The van der Waals surface area contributed by atoms with E-state index in [9.17, 15) is 19.8 Å². The van der Waals surface area contributed by atoms with E-state index in [-0.39, 0.29) is 47.3 Å². The van der Waals surface area contributed by atoms with Crippen molar-refractivity contribution >= 4 is 47.4 Å². The molecule has 3 aliphatic heterocycles. The Hall–Kier alpha value is -1.10. The number of aliphatic hydroxyl groups excluding tert-OH is 1. The lowest BCUT2D eigenvalue weighted by molar-refractivity contribution is -0.163. The van der Waals surface area contributed by atoms with Gasteiger partial charge in [0.2, 0.25) is 5.91 Å². The van der Waals surface area contributed by atoms with Gasteiger partial charge >= 0.3 is 5.97 Å². The summed E-state index contributed by atoms with van der Waals surface area (Å²) in [5, 5.41) is 26.7. The van der Waals surface area contributed by atoms with E-state index in [4.69, 9.17) is 0 Å². The fraction of sp³-hybridized carbons (Fsp3) is 0.600. The van der Waals surface area contributed by atoms with Gasteiger partial charge in [0.15, 0.2) is 0 Å². The lowest BCUT2D eigenvalue weighted by Gasteiger charge is -2.46. The van der Waals surface area contributed by atoms with Gasteiger partial charge in [-0.2, -0.15) is 0 Å². The molecule has 0 aromatic carbocycles. The zero-order chi connectivity index (χ0) is 20.9. The minimum atomic E-state index is -1.06. The summed E-state index contributed by atoms with van der Waals surface area (Å²) in [6.45, 7) is 5.24. The number of carboxylic acids is 1. The Morgan fingerprint density at radius 1 is 1.47 bits per heavy atom. The molecule has 4 rings (SSSR count). The van der Waals surface area contributed by atoms with E-state index < -0.39 is 18.0 Å². The second-order valence-corrected chi connectivity index (χ2v) is 10.6. The Labute approximate surface area is 190 Å². The molecule has 1 amide bonds. The summed E-state index contributed by atoms with van der Waals surface area (Å²) in [6.07, 6.45) is 0.153. The third-order valence-corrected chi connectivity index (χ3v) is 8.78. The molecular weight excluding hydrogens is 446 g/mol. The quantitative estimate of drug-likeness (QED) is 0.450. The highest BCUT2D eigenvalue weighted by Crippen LogP contribution is 2.52. The molecular formula is C20H28ClN3O4S2. The van der Waals surface area contributed by atoms with E-state index in [0.29, 0.717) is 0 Å². The molecule has 4 heterocycles. The van der Waals surface area contributed by atoms with Gasteiger partial charge in [-0.3, -0.25) is 4.79 Å². The fourth-order valence-electron chi connectivity index (χ4n) is 4.72. The number of β-lactam (4-membered cyclic amide) rings is 1. The number of thiophene rings is 1. The normalized spacial score (nSPS) is 31.4. The van der Waals surface area contributed by atoms with Crippen molar-refractivity contribution in [3.8, 4) is 0 Å². The van der Waals surface area contributed by atoms with Crippen LogP contribution in [0.3, 0.4) is 0 Å². The molecule has 0 saturated carbocycles. The van der Waals surface area contributed by atoms with Crippen LogP contribution in [-0.4, -0.2) is 58.0 Å². The number of carbonyl (C=O) groups is 2. The van der Waals surface area contributed by atoms with Gasteiger partial charge in [-0.25, -0.2) is 4.79 Å². The number of aliphatic hydroxyl groups is 1. The van der Waals surface area contributed by atoms with E-state index in [1.165, 1.54) is 14.7 Å². The summed E-state index contributed by atoms with van der Waals surface area (Å²) in [7, 11) is 1.94. The van der Waals surface area contributed by atoms with Gasteiger partial charge in [0.05, 0.1) is 18.1 Å². The van der Waals surface area contributed by atoms with Crippen molar-refractivity contribution in [1.29, 1.82) is 0 Å². The van der Waals surface area contributed by atoms with Gasteiger partial charge in [0, 0.05) is 45.0 Å². The van der Waals surface area contributed by atoms with E-state index in [1.54, 1.807) is 30.0 Å². The molecule has 2 fully saturated rings. The number of nitrogens with zero attached hydrogens (tertiary/aromatic N) is 1. The summed E-state index contributed by atoms with van der Waals surface area (Å²) < 4.78 is 0. The molecule has 7 nitrogen and oxygen atoms in total. The van der Waals surface area contributed by atoms with Crippen LogP contribution in [0.4, 0.5) is 0 Å². The number of amides is 1. The molecule has 6 atom stereocenters. The van der Waals surface area contributed by atoms with Crippen LogP contribution in [0.1, 0.15) is 36.1 Å². The third kappa shape index (κ3) is 3.91. The molecule has 0 bridgehead atoms. The Bertz CT molecular complexity index is 859.